The molecule has 0 aliphatic carbocycles. The number of nitrogens with one attached hydrogen (secondary N) is 1. The van der Waals surface area contributed by atoms with Gasteiger partial charge in [0.05, 0.1) is 11.5 Å². The van der Waals surface area contributed by atoms with E-state index in [1.807, 2.05) is 0 Å². The molecule has 5 nitrogen and oxygen atoms in total. The van der Waals surface area contributed by atoms with Crippen LogP contribution in [0.15, 0.2) is 45.9 Å². The van der Waals surface area contributed by atoms with Gasteiger partial charge < -0.3 is 5.11 Å². The highest BCUT2D eigenvalue weighted by molar-refractivity contribution is 9.10. The zero-order chi connectivity index (χ0) is 14.8. The molecule has 0 amide bonds. The average molecular weight is 357 g/mol. The van der Waals surface area contributed by atoms with Gasteiger partial charge in [-0.2, -0.15) is 0 Å². The largest absolute Gasteiger partial charge is 0.392 e. The number of hydrogen-bond donors (Lipinski definition) is 2. The average Bonchev–Trinajstić information content (AvgIpc) is 2.42. The highest BCUT2D eigenvalue weighted by Crippen LogP contribution is 2.20. The van der Waals surface area contributed by atoms with Crippen molar-refractivity contribution >= 4 is 31.8 Å². The fraction of sp³-hybridized carbons (Fsp3) is 0.154. The summed E-state index contributed by atoms with van der Waals surface area (Å²) in [6.45, 7) is 1.55. The van der Waals surface area contributed by atoms with Crippen LogP contribution in [0.2, 0.25) is 0 Å². The zero-order valence-corrected chi connectivity index (χ0v) is 13.1. The van der Waals surface area contributed by atoms with Crippen LogP contribution >= 0.6 is 15.9 Å². The Balaban J connectivity index is 2.35. The van der Waals surface area contributed by atoms with Crippen molar-refractivity contribution in [1.29, 1.82) is 0 Å². The van der Waals surface area contributed by atoms with Crippen molar-refractivity contribution in [3.63, 3.8) is 0 Å². The van der Waals surface area contributed by atoms with Gasteiger partial charge in [-0.25, -0.2) is 13.4 Å². The van der Waals surface area contributed by atoms with Gasteiger partial charge in [0, 0.05) is 10.7 Å². The van der Waals surface area contributed by atoms with Crippen LogP contribution in [0.1, 0.15) is 11.1 Å². The maximum absolute atomic E-state index is 12.3. The third-order valence-corrected chi connectivity index (χ3v) is 4.44. The Labute approximate surface area is 125 Å². The minimum atomic E-state index is -3.72. The first kappa shape index (κ1) is 15.0. The van der Waals surface area contributed by atoms with Crippen molar-refractivity contribution in [3.05, 3.63) is 52.1 Å². The molecule has 106 valence electrons. The monoisotopic (exact) mass is 356 g/mol. The van der Waals surface area contributed by atoms with E-state index in [1.165, 1.54) is 18.3 Å². The summed E-state index contributed by atoms with van der Waals surface area (Å²) in [5.74, 6) is 0.280. The Hall–Kier alpha value is -1.44. The summed E-state index contributed by atoms with van der Waals surface area (Å²) in [5.41, 5.74) is 1.25. The number of hydrogen-bond acceptors (Lipinski definition) is 4. The fourth-order valence-corrected chi connectivity index (χ4v) is 3.24. The second-order valence-corrected chi connectivity index (χ2v) is 6.83. The molecule has 1 heterocycles. The van der Waals surface area contributed by atoms with Crippen LogP contribution in [0.4, 0.5) is 5.82 Å². The van der Waals surface area contributed by atoms with Crippen LogP contribution < -0.4 is 4.72 Å². The number of benzene rings is 1. The van der Waals surface area contributed by atoms with Gasteiger partial charge >= 0.3 is 0 Å². The van der Waals surface area contributed by atoms with Gasteiger partial charge in [0.1, 0.15) is 5.82 Å². The number of aliphatic hydroxyl groups is 1. The Morgan fingerprint density at radius 1 is 1.35 bits per heavy atom. The summed E-state index contributed by atoms with van der Waals surface area (Å²) in [7, 11) is -3.72. The van der Waals surface area contributed by atoms with Crippen molar-refractivity contribution < 1.29 is 13.5 Å². The van der Waals surface area contributed by atoms with Crippen LogP contribution in [0, 0.1) is 6.92 Å². The summed E-state index contributed by atoms with van der Waals surface area (Å²) in [5, 5.41) is 9.06. The molecule has 0 aliphatic rings. The van der Waals surface area contributed by atoms with Crippen LogP contribution in [0.25, 0.3) is 0 Å². The molecule has 0 saturated carbocycles. The van der Waals surface area contributed by atoms with E-state index in [0.29, 0.717) is 11.1 Å². The van der Waals surface area contributed by atoms with Crippen molar-refractivity contribution in [2.75, 3.05) is 4.72 Å². The van der Waals surface area contributed by atoms with Crippen LogP contribution in [-0.2, 0) is 16.6 Å². The summed E-state index contributed by atoms with van der Waals surface area (Å²) in [6, 6.07) is 7.91. The molecule has 0 radical (unpaired) electrons. The second kappa shape index (κ2) is 5.90. The first-order valence-corrected chi connectivity index (χ1v) is 8.05. The summed E-state index contributed by atoms with van der Waals surface area (Å²) in [6.07, 6.45) is 1.52. The molecule has 0 bridgehead atoms. The van der Waals surface area contributed by atoms with E-state index < -0.39 is 10.0 Å². The SMILES string of the molecule is Cc1cc(Br)cnc1NS(=O)(=O)c1cccc(CO)c1. The van der Waals surface area contributed by atoms with Gasteiger partial charge in [0.2, 0.25) is 0 Å². The van der Waals surface area contributed by atoms with Gasteiger partial charge in [0.25, 0.3) is 10.0 Å². The molecular formula is C13H13BrN2O3S. The molecule has 1 aromatic heterocycles. The molecule has 2 rings (SSSR count). The Morgan fingerprint density at radius 2 is 2.10 bits per heavy atom. The number of halogens is 1. The summed E-state index contributed by atoms with van der Waals surface area (Å²) in [4.78, 5) is 4.14. The molecule has 0 aliphatic heterocycles. The molecule has 7 heteroatoms. The predicted molar refractivity (Wildman–Crippen MR) is 79.8 cm³/mol. The topological polar surface area (TPSA) is 79.3 Å². The lowest BCUT2D eigenvalue weighted by Crippen LogP contribution is -2.15. The van der Waals surface area contributed by atoms with E-state index in [0.717, 1.165) is 4.47 Å². The van der Waals surface area contributed by atoms with Crippen molar-refractivity contribution in [3.8, 4) is 0 Å². The van der Waals surface area contributed by atoms with E-state index in [4.69, 9.17) is 5.11 Å². The molecule has 2 aromatic rings. The fourth-order valence-electron chi connectivity index (χ4n) is 1.64. The molecular weight excluding hydrogens is 344 g/mol. The highest BCUT2D eigenvalue weighted by atomic mass is 79.9. The van der Waals surface area contributed by atoms with Crippen molar-refractivity contribution in [2.45, 2.75) is 18.4 Å². The third kappa shape index (κ3) is 3.36. The zero-order valence-electron chi connectivity index (χ0n) is 10.7. The highest BCUT2D eigenvalue weighted by Gasteiger charge is 2.16. The summed E-state index contributed by atoms with van der Waals surface area (Å²) >= 11 is 3.27. The lowest BCUT2D eigenvalue weighted by atomic mass is 10.2. The number of aryl methyl sites for hydroxylation is 1. The number of aliphatic hydroxyl groups excluding tert-OH is 1. The van der Waals surface area contributed by atoms with Crippen molar-refractivity contribution in [1.82, 2.24) is 4.98 Å². The molecule has 0 fully saturated rings. The minimum absolute atomic E-state index is 0.0909. The van der Waals surface area contributed by atoms with E-state index in [2.05, 4.69) is 25.6 Å². The van der Waals surface area contributed by atoms with E-state index in [1.54, 1.807) is 25.1 Å². The maximum atomic E-state index is 12.3. The quantitative estimate of drug-likeness (QED) is 0.881. The number of pyridine rings is 1. The number of sulfonamides is 1. The van der Waals surface area contributed by atoms with Crippen LogP contribution in [0.5, 0.6) is 0 Å². The number of anilines is 1. The van der Waals surface area contributed by atoms with Gasteiger partial charge in [-0.15, -0.1) is 0 Å². The molecule has 0 spiro atoms. The van der Waals surface area contributed by atoms with Gasteiger partial charge in [-0.05, 0) is 52.2 Å². The lowest BCUT2D eigenvalue weighted by molar-refractivity contribution is 0.281. The van der Waals surface area contributed by atoms with E-state index in [-0.39, 0.29) is 17.3 Å². The third-order valence-electron chi connectivity index (χ3n) is 2.67. The molecule has 0 unspecified atom stereocenters. The second-order valence-electron chi connectivity index (χ2n) is 4.23. The number of rotatable bonds is 4. The summed E-state index contributed by atoms with van der Waals surface area (Å²) < 4.78 is 27.7. The number of aromatic nitrogens is 1. The van der Waals surface area contributed by atoms with Crippen LogP contribution in [-0.4, -0.2) is 18.5 Å². The maximum Gasteiger partial charge on any atom is 0.263 e. The van der Waals surface area contributed by atoms with Gasteiger partial charge in [-0.1, -0.05) is 12.1 Å². The smallest absolute Gasteiger partial charge is 0.263 e. The van der Waals surface area contributed by atoms with Crippen molar-refractivity contribution in [2.24, 2.45) is 0 Å². The van der Waals surface area contributed by atoms with E-state index >= 15 is 0 Å². The molecule has 20 heavy (non-hydrogen) atoms. The van der Waals surface area contributed by atoms with Gasteiger partial charge in [-0.3, -0.25) is 4.72 Å². The first-order chi connectivity index (χ1) is 9.42. The van der Waals surface area contributed by atoms with Gasteiger partial charge in [0.15, 0.2) is 0 Å². The molecule has 2 N–H and O–H groups in total. The molecule has 0 atom stereocenters. The Bertz CT molecular complexity index is 732. The molecule has 1 aromatic carbocycles. The standard InChI is InChI=1S/C13H13BrN2O3S/c1-9-5-11(14)7-15-13(9)16-20(18,19)12-4-2-3-10(6-12)8-17/h2-7,17H,8H2,1H3,(H,15,16). The lowest BCUT2D eigenvalue weighted by Gasteiger charge is -2.10. The Kier molecular flexibility index (Phi) is 4.42. The minimum Gasteiger partial charge on any atom is -0.392 e. The normalized spacial score (nSPS) is 11.3. The molecule has 0 saturated heterocycles. The predicted octanol–water partition coefficient (Wildman–Crippen LogP) is 2.45. The first-order valence-electron chi connectivity index (χ1n) is 5.77. The Morgan fingerprint density at radius 3 is 2.75 bits per heavy atom. The number of nitrogens with zero attached hydrogens (tertiary/aromatic N) is 1. The van der Waals surface area contributed by atoms with Crippen LogP contribution in [0.3, 0.4) is 0 Å². The van der Waals surface area contributed by atoms with E-state index in [9.17, 15) is 8.42 Å².